The van der Waals surface area contributed by atoms with E-state index in [1.165, 1.54) is 5.56 Å². The van der Waals surface area contributed by atoms with Gasteiger partial charge in [-0.1, -0.05) is 41.9 Å². The van der Waals surface area contributed by atoms with E-state index in [0.29, 0.717) is 30.5 Å². The number of hydrogen-bond donors (Lipinski definition) is 1. The Labute approximate surface area is 218 Å². The Morgan fingerprint density at radius 1 is 1.03 bits per heavy atom. The van der Waals surface area contributed by atoms with Crippen LogP contribution in [0.5, 0.6) is 17.2 Å². The molecule has 1 aliphatic heterocycles. The van der Waals surface area contributed by atoms with E-state index in [9.17, 15) is 4.79 Å². The molecule has 3 aromatic carbocycles. The van der Waals surface area contributed by atoms with Crippen LogP contribution in [0.4, 0.5) is 0 Å². The number of ether oxygens (including phenoxy) is 3. The molecule has 1 amide bonds. The second-order valence-electron chi connectivity index (χ2n) is 8.79. The first-order chi connectivity index (χ1) is 17.5. The summed E-state index contributed by atoms with van der Waals surface area (Å²) in [6.07, 6.45) is 1.58. The average Bonchev–Trinajstić information content (AvgIpc) is 2.90. The number of fused-ring (bicyclic) bond motifs is 1. The smallest absolute Gasteiger partial charge is 0.234 e. The van der Waals surface area contributed by atoms with E-state index < -0.39 is 0 Å². The van der Waals surface area contributed by atoms with Gasteiger partial charge in [0.2, 0.25) is 5.91 Å². The van der Waals surface area contributed by atoms with Crippen LogP contribution in [0.1, 0.15) is 35.2 Å². The number of amides is 1. The summed E-state index contributed by atoms with van der Waals surface area (Å²) >= 11 is 6.12. The van der Waals surface area contributed by atoms with Crippen LogP contribution < -0.4 is 19.5 Å². The van der Waals surface area contributed by atoms with Crippen LogP contribution in [0, 0.1) is 0 Å². The number of hydrogen-bond acceptors (Lipinski definition) is 5. The van der Waals surface area contributed by atoms with Gasteiger partial charge >= 0.3 is 0 Å². The second kappa shape index (κ2) is 12.2. The summed E-state index contributed by atoms with van der Waals surface area (Å²) in [6.45, 7) is 4.02. The maximum absolute atomic E-state index is 13.1. The summed E-state index contributed by atoms with van der Waals surface area (Å²) in [5.74, 6) is 2.19. The molecule has 0 saturated carbocycles. The number of carbonyl (C=O) groups is 1. The van der Waals surface area contributed by atoms with E-state index in [0.717, 1.165) is 47.6 Å². The fourth-order valence-corrected chi connectivity index (χ4v) is 4.86. The molecule has 190 valence electrons. The van der Waals surface area contributed by atoms with Crippen LogP contribution in [0.3, 0.4) is 0 Å². The van der Waals surface area contributed by atoms with E-state index in [-0.39, 0.29) is 11.9 Å². The van der Waals surface area contributed by atoms with Gasteiger partial charge in [-0.15, -0.1) is 0 Å². The minimum absolute atomic E-state index is 0.0104. The van der Waals surface area contributed by atoms with E-state index in [4.69, 9.17) is 25.8 Å². The summed E-state index contributed by atoms with van der Waals surface area (Å²) < 4.78 is 16.8. The average molecular weight is 509 g/mol. The molecule has 0 radical (unpaired) electrons. The highest BCUT2D eigenvalue weighted by Gasteiger charge is 2.30. The maximum atomic E-state index is 13.1. The molecule has 1 N–H and O–H groups in total. The predicted octanol–water partition coefficient (Wildman–Crippen LogP) is 5.21. The van der Waals surface area contributed by atoms with Crippen LogP contribution in [0.2, 0.25) is 5.02 Å². The molecule has 0 aliphatic carbocycles. The van der Waals surface area contributed by atoms with Gasteiger partial charge in [-0.05, 0) is 66.8 Å². The first-order valence-electron chi connectivity index (χ1n) is 12.2. The highest BCUT2D eigenvalue weighted by atomic mass is 35.5. The Kier molecular flexibility index (Phi) is 8.73. The van der Waals surface area contributed by atoms with E-state index in [1.807, 2.05) is 55.5 Å². The number of nitrogens with zero attached hydrogens (tertiary/aromatic N) is 1. The highest BCUT2D eigenvalue weighted by molar-refractivity contribution is 6.30. The summed E-state index contributed by atoms with van der Waals surface area (Å²) in [7, 11) is 3.30. The Bertz CT molecular complexity index is 1180. The van der Waals surface area contributed by atoms with Gasteiger partial charge in [0.15, 0.2) is 11.5 Å². The van der Waals surface area contributed by atoms with E-state index >= 15 is 0 Å². The zero-order valence-corrected chi connectivity index (χ0v) is 21.8. The Balaban J connectivity index is 1.55. The van der Waals surface area contributed by atoms with Crippen molar-refractivity contribution < 1.29 is 19.0 Å². The lowest BCUT2D eigenvalue weighted by molar-refractivity contribution is -0.123. The largest absolute Gasteiger partial charge is 0.494 e. The quantitative estimate of drug-likeness (QED) is 0.407. The summed E-state index contributed by atoms with van der Waals surface area (Å²) in [5.41, 5.74) is 4.49. The van der Waals surface area contributed by atoms with Crippen LogP contribution in [-0.2, 0) is 24.2 Å². The van der Waals surface area contributed by atoms with Crippen molar-refractivity contribution in [1.29, 1.82) is 0 Å². The number of benzene rings is 3. The monoisotopic (exact) mass is 508 g/mol. The molecule has 36 heavy (non-hydrogen) atoms. The summed E-state index contributed by atoms with van der Waals surface area (Å²) in [6, 6.07) is 19.8. The molecule has 0 spiro atoms. The van der Waals surface area contributed by atoms with Gasteiger partial charge in [0, 0.05) is 29.7 Å². The first kappa shape index (κ1) is 25.9. The van der Waals surface area contributed by atoms with Crippen LogP contribution in [0.25, 0.3) is 0 Å². The number of nitrogens with one attached hydrogen (secondary N) is 1. The molecule has 0 bridgehead atoms. The highest BCUT2D eigenvalue weighted by Crippen LogP contribution is 2.39. The molecule has 1 unspecified atom stereocenters. The molecular weight excluding hydrogens is 476 g/mol. The Morgan fingerprint density at radius 3 is 2.47 bits per heavy atom. The molecule has 7 heteroatoms. The molecule has 0 aromatic heterocycles. The van der Waals surface area contributed by atoms with Crippen LogP contribution >= 0.6 is 11.6 Å². The SMILES string of the molecule is CCOc1ccccc1CNC(=O)CN1CCc2cc(OC)c(OC)cc2C1Cc1ccc(Cl)cc1. The van der Waals surface area contributed by atoms with Crippen molar-refractivity contribution in [2.45, 2.75) is 32.4 Å². The van der Waals surface area contributed by atoms with Crippen molar-refractivity contribution in [3.63, 3.8) is 0 Å². The van der Waals surface area contributed by atoms with Gasteiger partial charge in [-0.25, -0.2) is 0 Å². The lowest BCUT2D eigenvalue weighted by Gasteiger charge is -2.37. The molecule has 1 heterocycles. The normalized spacial score (nSPS) is 15.2. The molecule has 0 fully saturated rings. The minimum atomic E-state index is -0.0219. The summed E-state index contributed by atoms with van der Waals surface area (Å²) in [4.78, 5) is 15.3. The number of methoxy groups -OCH3 is 2. The zero-order chi connectivity index (χ0) is 25.5. The Hall–Kier alpha value is -3.22. The topological polar surface area (TPSA) is 60.0 Å². The van der Waals surface area contributed by atoms with E-state index in [1.54, 1.807) is 14.2 Å². The van der Waals surface area contributed by atoms with Crippen LogP contribution in [0.15, 0.2) is 60.7 Å². The Morgan fingerprint density at radius 2 is 1.75 bits per heavy atom. The molecule has 1 aliphatic rings. The number of rotatable bonds is 10. The lowest BCUT2D eigenvalue weighted by atomic mass is 9.88. The molecule has 0 saturated heterocycles. The lowest BCUT2D eigenvalue weighted by Crippen LogP contribution is -2.43. The number of carbonyl (C=O) groups excluding carboxylic acids is 1. The third-order valence-corrected chi connectivity index (χ3v) is 6.80. The van der Waals surface area contributed by atoms with Gasteiger partial charge in [0.1, 0.15) is 5.75 Å². The fourth-order valence-electron chi connectivity index (χ4n) is 4.73. The van der Waals surface area contributed by atoms with Crippen molar-refractivity contribution in [1.82, 2.24) is 10.2 Å². The third-order valence-electron chi connectivity index (χ3n) is 6.55. The fraction of sp³-hybridized carbons (Fsp3) is 0.345. The van der Waals surface area contributed by atoms with Crippen molar-refractivity contribution in [2.24, 2.45) is 0 Å². The first-order valence-corrected chi connectivity index (χ1v) is 12.6. The molecule has 4 rings (SSSR count). The van der Waals surface area contributed by atoms with Crippen molar-refractivity contribution in [3.8, 4) is 17.2 Å². The standard InChI is InChI=1S/C29H33ClN2O4/c1-4-36-26-8-6-5-7-22(26)18-31-29(33)19-32-14-13-21-16-27(34-2)28(35-3)17-24(21)25(32)15-20-9-11-23(30)12-10-20/h5-12,16-17,25H,4,13-15,18-19H2,1-3H3,(H,31,33). The third kappa shape index (κ3) is 6.12. The maximum Gasteiger partial charge on any atom is 0.234 e. The van der Waals surface area contributed by atoms with Crippen molar-refractivity contribution in [2.75, 3.05) is 33.9 Å². The van der Waals surface area contributed by atoms with Crippen LogP contribution in [-0.4, -0.2) is 44.7 Å². The predicted molar refractivity (Wildman–Crippen MR) is 142 cm³/mol. The minimum Gasteiger partial charge on any atom is -0.494 e. The van der Waals surface area contributed by atoms with Gasteiger partial charge in [-0.2, -0.15) is 0 Å². The summed E-state index contributed by atoms with van der Waals surface area (Å²) in [5, 5.41) is 3.79. The van der Waals surface area contributed by atoms with Gasteiger partial charge in [0.25, 0.3) is 0 Å². The zero-order valence-electron chi connectivity index (χ0n) is 21.1. The van der Waals surface area contributed by atoms with Crippen molar-refractivity contribution in [3.05, 3.63) is 87.9 Å². The number of para-hydroxylation sites is 1. The second-order valence-corrected chi connectivity index (χ2v) is 9.23. The van der Waals surface area contributed by atoms with Gasteiger partial charge < -0.3 is 19.5 Å². The van der Waals surface area contributed by atoms with Gasteiger partial charge in [-0.3, -0.25) is 9.69 Å². The molecule has 1 atom stereocenters. The molecule has 6 nitrogen and oxygen atoms in total. The van der Waals surface area contributed by atoms with Crippen molar-refractivity contribution >= 4 is 17.5 Å². The number of halogens is 1. The molecule has 3 aromatic rings. The van der Waals surface area contributed by atoms with E-state index in [2.05, 4.69) is 22.3 Å². The van der Waals surface area contributed by atoms with Gasteiger partial charge in [0.05, 0.1) is 27.4 Å². The molecular formula is C29H33ClN2O4.